The molecule has 0 atom stereocenters. The highest BCUT2D eigenvalue weighted by atomic mass is 32.2. The summed E-state index contributed by atoms with van der Waals surface area (Å²) in [7, 11) is -3.86. The molecule has 0 saturated heterocycles. The topological polar surface area (TPSA) is 110 Å². The molecule has 0 aliphatic heterocycles. The van der Waals surface area contributed by atoms with Crippen LogP contribution in [-0.2, 0) is 10.0 Å². The smallest absolute Gasteiger partial charge is 0.312 e. The van der Waals surface area contributed by atoms with Crippen molar-refractivity contribution in [2.45, 2.75) is 31.2 Å². The Balaban J connectivity index is 3.27. The van der Waals surface area contributed by atoms with Crippen LogP contribution >= 0.6 is 0 Å². The summed E-state index contributed by atoms with van der Waals surface area (Å²) in [5.74, 6) is -0.574. The average molecular weight is 274 g/mol. The zero-order chi connectivity index (χ0) is 14.1. The first-order chi connectivity index (χ1) is 8.03. The fraction of sp³-hybridized carbons (Fsp3) is 0.400. The zero-order valence-electron chi connectivity index (χ0n) is 10.2. The standard InChI is InChI=1S/C10H14N2O5S/c1-10(2,3)11-18(16,17)7-4-5-9(13)8(6-7)12(14)15/h4-6,11,13H,1-3H3. The van der Waals surface area contributed by atoms with Crippen LogP contribution < -0.4 is 4.72 Å². The molecule has 1 aromatic rings. The molecule has 0 aliphatic carbocycles. The Morgan fingerprint density at radius 3 is 2.33 bits per heavy atom. The third-order valence-corrected chi connectivity index (χ3v) is 3.65. The molecule has 18 heavy (non-hydrogen) atoms. The summed E-state index contributed by atoms with van der Waals surface area (Å²) >= 11 is 0. The molecule has 100 valence electrons. The van der Waals surface area contributed by atoms with E-state index in [2.05, 4.69) is 4.72 Å². The molecule has 8 heteroatoms. The molecular formula is C10H14N2O5S. The van der Waals surface area contributed by atoms with Gasteiger partial charge >= 0.3 is 5.69 Å². The maximum atomic E-state index is 11.9. The molecule has 0 bridgehead atoms. The summed E-state index contributed by atoms with van der Waals surface area (Å²) < 4.78 is 26.2. The molecule has 1 rings (SSSR count). The van der Waals surface area contributed by atoms with Gasteiger partial charge in [0.2, 0.25) is 10.0 Å². The van der Waals surface area contributed by atoms with Gasteiger partial charge in [-0.1, -0.05) is 0 Å². The Morgan fingerprint density at radius 1 is 1.33 bits per heavy atom. The lowest BCUT2D eigenvalue weighted by atomic mass is 10.1. The molecule has 2 N–H and O–H groups in total. The summed E-state index contributed by atoms with van der Waals surface area (Å²) in [6.45, 7) is 4.96. The van der Waals surface area contributed by atoms with Gasteiger partial charge in [-0.15, -0.1) is 0 Å². The number of sulfonamides is 1. The van der Waals surface area contributed by atoms with Gasteiger partial charge < -0.3 is 5.11 Å². The number of benzene rings is 1. The number of hydrogen-bond acceptors (Lipinski definition) is 5. The number of nitrogens with one attached hydrogen (secondary N) is 1. The van der Waals surface area contributed by atoms with E-state index in [1.165, 1.54) is 0 Å². The van der Waals surface area contributed by atoms with E-state index >= 15 is 0 Å². The number of nitrogens with zero attached hydrogens (tertiary/aromatic N) is 1. The number of phenols is 1. The van der Waals surface area contributed by atoms with Crippen molar-refractivity contribution in [2.24, 2.45) is 0 Å². The minimum Gasteiger partial charge on any atom is -0.502 e. The fourth-order valence-corrected chi connectivity index (χ4v) is 2.72. The first-order valence-electron chi connectivity index (χ1n) is 5.04. The van der Waals surface area contributed by atoms with Crippen LogP contribution in [0.5, 0.6) is 5.75 Å². The lowest BCUT2D eigenvalue weighted by Crippen LogP contribution is -2.40. The van der Waals surface area contributed by atoms with Crippen LogP contribution in [0.3, 0.4) is 0 Å². The van der Waals surface area contributed by atoms with Gasteiger partial charge in [0, 0.05) is 11.6 Å². The monoisotopic (exact) mass is 274 g/mol. The van der Waals surface area contributed by atoms with Crippen LogP contribution in [0.15, 0.2) is 23.1 Å². The Bertz CT molecular complexity index is 574. The minimum absolute atomic E-state index is 0.262. The second-order valence-electron chi connectivity index (χ2n) is 4.76. The third kappa shape index (κ3) is 3.41. The van der Waals surface area contributed by atoms with E-state index in [1.807, 2.05) is 0 Å². The quantitative estimate of drug-likeness (QED) is 0.639. The molecule has 0 heterocycles. The zero-order valence-corrected chi connectivity index (χ0v) is 11.0. The second kappa shape index (κ2) is 4.54. The first kappa shape index (κ1) is 14.4. The maximum Gasteiger partial charge on any atom is 0.312 e. The molecule has 0 aliphatic rings. The van der Waals surface area contributed by atoms with Crippen molar-refractivity contribution in [3.05, 3.63) is 28.3 Å². The SMILES string of the molecule is CC(C)(C)NS(=O)(=O)c1ccc(O)c([N+](=O)[O-])c1. The third-order valence-electron chi connectivity index (χ3n) is 1.89. The largest absolute Gasteiger partial charge is 0.502 e. The number of hydrogen-bond donors (Lipinski definition) is 2. The van der Waals surface area contributed by atoms with E-state index in [0.717, 1.165) is 18.2 Å². The van der Waals surface area contributed by atoms with Crippen molar-refractivity contribution in [3.8, 4) is 5.75 Å². The molecule has 0 saturated carbocycles. The minimum atomic E-state index is -3.86. The van der Waals surface area contributed by atoms with Crippen LogP contribution in [0, 0.1) is 10.1 Å². The molecule has 1 aromatic carbocycles. The van der Waals surface area contributed by atoms with Gasteiger partial charge in [0.1, 0.15) is 0 Å². The van der Waals surface area contributed by atoms with Gasteiger partial charge in [-0.2, -0.15) is 0 Å². The van der Waals surface area contributed by atoms with Crippen molar-refractivity contribution in [1.82, 2.24) is 4.72 Å². The molecule has 0 aromatic heterocycles. The highest BCUT2D eigenvalue weighted by molar-refractivity contribution is 7.89. The van der Waals surface area contributed by atoms with E-state index in [4.69, 9.17) is 0 Å². The van der Waals surface area contributed by atoms with Crippen molar-refractivity contribution in [1.29, 1.82) is 0 Å². The van der Waals surface area contributed by atoms with Gasteiger partial charge in [-0.05, 0) is 32.9 Å². The van der Waals surface area contributed by atoms with Crippen LogP contribution in [0.1, 0.15) is 20.8 Å². The van der Waals surface area contributed by atoms with Crippen LogP contribution in [0.4, 0.5) is 5.69 Å². The molecule has 0 unspecified atom stereocenters. The fourth-order valence-electron chi connectivity index (χ4n) is 1.28. The molecule has 0 radical (unpaired) electrons. The second-order valence-corrected chi connectivity index (χ2v) is 6.45. The van der Waals surface area contributed by atoms with Gasteiger partial charge in [0.25, 0.3) is 0 Å². The Kier molecular flexibility index (Phi) is 3.63. The summed E-state index contributed by atoms with van der Waals surface area (Å²) in [4.78, 5) is 9.51. The summed E-state index contributed by atoms with van der Waals surface area (Å²) in [6, 6.07) is 2.91. The predicted octanol–water partition coefficient (Wildman–Crippen LogP) is 1.38. The van der Waals surface area contributed by atoms with Crippen molar-refractivity contribution in [2.75, 3.05) is 0 Å². The van der Waals surface area contributed by atoms with Gasteiger partial charge in [-0.3, -0.25) is 10.1 Å². The number of aromatic hydroxyl groups is 1. The van der Waals surface area contributed by atoms with Crippen LogP contribution in [0.25, 0.3) is 0 Å². The highest BCUT2D eigenvalue weighted by Gasteiger charge is 2.25. The van der Waals surface area contributed by atoms with Gasteiger partial charge in [-0.25, -0.2) is 13.1 Å². The Labute approximate surface area is 105 Å². The number of rotatable bonds is 3. The number of nitro benzene ring substituents is 1. The van der Waals surface area contributed by atoms with Crippen molar-refractivity contribution >= 4 is 15.7 Å². The van der Waals surface area contributed by atoms with Crippen molar-refractivity contribution < 1.29 is 18.4 Å². The molecule has 0 fully saturated rings. The van der Waals surface area contributed by atoms with Crippen LogP contribution in [-0.4, -0.2) is 24.0 Å². The summed E-state index contributed by atoms with van der Waals surface area (Å²) in [6.07, 6.45) is 0. The normalized spacial score (nSPS) is 12.4. The average Bonchev–Trinajstić information content (AvgIpc) is 2.13. The van der Waals surface area contributed by atoms with E-state index < -0.39 is 31.9 Å². The van der Waals surface area contributed by atoms with E-state index in [-0.39, 0.29) is 4.90 Å². The maximum absolute atomic E-state index is 11.9. The Morgan fingerprint density at radius 2 is 1.89 bits per heavy atom. The number of nitro groups is 1. The lowest BCUT2D eigenvalue weighted by Gasteiger charge is -2.20. The molecule has 0 spiro atoms. The summed E-state index contributed by atoms with van der Waals surface area (Å²) in [5, 5.41) is 19.9. The van der Waals surface area contributed by atoms with Gasteiger partial charge in [0.15, 0.2) is 5.75 Å². The summed E-state index contributed by atoms with van der Waals surface area (Å²) in [5.41, 5.74) is -1.35. The van der Waals surface area contributed by atoms with Crippen LogP contribution in [0.2, 0.25) is 0 Å². The molecule has 7 nitrogen and oxygen atoms in total. The lowest BCUT2D eigenvalue weighted by molar-refractivity contribution is -0.386. The van der Waals surface area contributed by atoms with E-state index in [9.17, 15) is 23.6 Å². The van der Waals surface area contributed by atoms with E-state index in [1.54, 1.807) is 20.8 Å². The predicted molar refractivity (Wildman–Crippen MR) is 64.8 cm³/mol. The first-order valence-corrected chi connectivity index (χ1v) is 6.53. The highest BCUT2D eigenvalue weighted by Crippen LogP contribution is 2.28. The molecular weight excluding hydrogens is 260 g/mol. The van der Waals surface area contributed by atoms with E-state index in [0.29, 0.717) is 0 Å². The van der Waals surface area contributed by atoms with Crippen molar-refractivity contribution in [3.63, 3.8) is 0 Å². The Hall–Kier alpha value is -1.67. The molecule has 0 amide bonds. The van der Waals surface area contributed by atoms with Gasteiger partial charge in [0.05, 0.1) is 9.82 Å². The number of phenolic OH excluding ortho intramolecular Hbond substituents is 1.